The molecule has 0 fully saturated rings. The Balaban J connectivity index is 1.96. The van der Waals surface area contributed by atoms with E-state index in [4.69, 9.17) is 4.74 Å². The van der Waals surface area contributed by atoms with Gasteiger partial charge in [-0.15, -0.1) is 0 Å². The van der Waals surface area contributed by atoms with Gasteiger partial charge in [0.2, 0.25) is 0 Å². The van der Waals surface area contributed by atoms with E-state index in [0.717, 1.165) is 10.8 Å². The molecule has 0 spiro atoms. The molecule has 0 bridgehead atoms. The first kappa shape index (κ1) is 11.4. The second-order valence-corrected chi connectivity index (χ2v) is 5.06. The molecule has 1 aliphatic heterocycles. The van der Waals surface area contributed by atoms with Crippen molar-refractivity contribution < 1.29 is 4.74 Å². The van der Waals surface area contributed by atoms with Crippen LogP contribution in [0, 0.1) is 0 Å². The molecule has 0 radical (unpaired) electrons. The zero-order valence-corrected chi connectivity index (χ0v) is 10.9. The van der Waals surface area contributed by atoms with Crippen LogP contribution < -0.4 is 4.74 Å². The lowest BCUT2D eigenvalue weighted by atomic mass is 10.2. The Kier molecular flexibility index (Phi) is 3.07. The number of hydrogen-bond donors (Lipinski definition) is 0. The van der Waals surface area contributed by atoms with E-state index >= 15 is 0 Å². The van der Waals surface area contributed by atoms with E-state index in [1.165, 1.54) is 16.0 Å². The van der Waals surface area contributed by atoms with Gasteiger partial charge in [0.25, 0.3) is 0 Å². The van der Waals surface area contributed by atoms with Crippen LogP contribution in [0.4, 0.5) is 0 Å². The second kappa shape index (κ2) is 4.86. The molecule has 0 atom stereocenters. The fourth-order valence-electron chi connectivity index (χ4n) is 2.01. The third-order valence-electron chi connectivity index (χ3n) is 2.92. The monoisotopic (exact) mass is 255 g/mol. The SMILES string of the molecule is COc1cccc2c1CN=C(c1ccccc1)S2. The number of fused-ring (bicyclic) bond motifs is 1. The zero-order chi connectivity index (χ0) is 12.4. The van der Waals surface area contributed by atoms with Gasteiger partial charge >= 0.3 is 0 Å². The fourth-order valence-corrected chi connectivity index (χ4v) is 3.03. The third-order valence-corrected chi connectivity index (χ3v) is 4.08. The lowest BCUT2D eigenvalue weighted by molar-refractivity contribution is 0.408. The number of hydrogen-bond acceptors (Lipinski definition) is 3. The summed E-state index contributed by atoms with van der Waals surface area (Å²) in [6, 6.07) is 16.4. The molecule has 1 heterocycles. The Morgan fingerprint density at radius 1 is 1.06 bits per heavy atom. The summed E-state index contributed by atoms with van der Waals surface area (Å²) in [7, 11) is 1.71. The highest BCUT2D eigenvalue weighted by atomic mass is 32.2. The van der Waals surface area contributed by atoms with Crippen molar-refractivity contribution in [2.45, 2.75) is 11.4 Å². The Labute approximate surface area is 111 Å². The lowest BCUT2D eigenvalue weighted by Crippen LogP contribution is -2.04. The molecule has 2 nitrogen and oxygen atoms in total. The number of nitrogens with zero attached hydrogens (tertiary/aromatic N) is 1. The van der Waals surface area contributed by atoms with Gasteiger partial charge in [0, 0.05) is 16.0 Å². The predicted molar refractivity (Wildman–Crippen MR) is 75.5 cm³/mol. The Bertz CT molecular complexity index is 593. The Morgan fingerprint density at radius 3 is 2.67 bits per heavy atom. The van der Waals surface area contributed by atoms with Gasteiger partial charge in [-0.3, -0.25) is 4.99 Å². The van der Waals surface area contributed by atoms with Crippen LogP contribution in [0.25, 0.3) is 0 Å². The van der Waals surface area contributed by atoms with Crippen LogP contribution in [0.5, 0.6) is 5.75 Å². The molecule has 0 saturated carbocycles. The van der Waals surface area contributed by atoms with Crippen molar-refractivity contribution in [3.63, 3.8) is 0 Å². The summed E-state index contributed by atoms with van der Waals surface area (Å²) in [4.78, 5) is 5.89. The molecule has 0 N–H and O–H groups in total. The average molecular weight is 255 g/mol. The van der Waals surface area contributed by atoms with E-state index < -0.39 is 0 Å². The molecule has 3 rings (SSSR count). The molecule has 0 unspecified atom stereocenters. The maximum absolute atomic E-state index is 5.37. The molecular weight excluding hydrogens is 242 g/mol. The van der Waals surface area contributed by atoms with Crippen molar-refractivity contribution in [3.8, 4) is 5.75 Å². The maximum atomic E-state index is 5.37. The van der Waals surface area contributed by atoms with E-state index in [9.17, 15) is 0 Å². The standard InChI is InChI=1S/C15H13NOS/c1-17-13-8-5-9-14-12(13)10-16-15(18-14)11-6-3-2-4-7-11/h2-9H,10H2,1H3. The van der Waals surface area contributed by atoms with Crippen molar-refractivity contribution in [1.82, 2.24) is 0 Å². The van der Waals surface area contributed by atoms with E-state index in [2.05, 4.69) is 23.2 Å². The molecule has 1 aliphatic rings. The predicted octanol–water partition coefficient (Wildman–Crippen LogP) is 3.75. The van der Waals surface area contributed by atoms with Gasteiger partial charge in [-0.1, -0.05) is 48.2 Å². The highest BCUT2D eigenvalue weighted by molar-refractivity contribution is 8.14. The first-order valence-corrected chi connectivity index (χ1v) is 6.64. The smallest absolute Gasteiger partial charge is 0.125 e. The molecule has 2 aromatic rings. The number of aliphatic imine (C=N–C) groups is 1. The summed E-state index contributed by atoms with van der Waals surface area (Å²) in [6.07, 6.45) is 0. The number of methoxy groups -OCH3 is 1. The van der Waals surface area contributed by atoms with Crippen LogP contribution in [0.15, 0.2) is 58.4 Å². The van der Waals surface area contributed by atoms with Crippen LogP contribution in [-0.2, 0) is 6.54 Å². The van der Waals surface area contributed by atoms with Crippen LogP contribution in [0.3, 0.4) is 0 Å². The molecule has 3 heteroatoms. The third kappa shape index (κ3) is 2.02. The number of rotatable bonds is 2. The molecule has 0 aliphatic carbocycles. The van der Waals surface area contributed by atoms with Gasteiger partial charge in [-0.2, -0.15) is 0 Å². The maximum Gasteiger partial charge on any atom is 0.125 e. The van der Waals surface area contributed by atoms with Crippen molar-refractivity contribution >= 4 is 16.8 Å². The second-order valence-electron chi connectivity index (χ2n) is 4.03. The van der Waals surface area contributed by atoms with Crippen molar-refractivity contribution in [3.05, 3.63) is 59.7 Å². The van der Waals surface area contributed by atoms with Crippen LogP contribution in [0.2, 0.25) is 0 Å². The quantitative estimate of drug-likeness (QED) is 0.815. The topological polar surface area (TPSA) is 21.6 Å². The molecule has 0 aromatic heterocycles. The minimum Gasteiger partial charge on any atom is -0.496 e. The van der Waals surface area contributed by atoms with Gasteiger partial charge in [0.15, 0.2) is 0 Å². The molecule has 2 aromatic carbocycles. The average Bonchev–Trinajstić information content (AvgIpc) is 2.47. The van der Waals surface area contributed by atoms with Crippen molar-refractivity contribution in [1.29, 1.82) is 0 Å². The summed E-state index contributed by atoms with van der Waals surface area (Å²) < 4.78 is 5.37. The summed E-state index contributed by atoms with van der Waals surface area (Å²) in [5.74, 6) is 0.927. The van der Waals surface area contributed by atoms with Crippen LogP contribution in [-0.4, -0.2) is 12.2 Å². The minimum absolute atomic E-state index is 0.691. The van der Waals surface area contributed by atoms with Crippen molar-refractivity contribution in [2.75, 3.05) is 7.11 Å². The van der Waals surface area contributed by atoms with E-state index in [1.807, 2.05) is 30.3 Å². The number of thioether (sulfide) groups is 1. The van der Waals surface area contributed by atoms with Crippen LogP contribution in [0.1, 0.15) is 11.1 Å². The first-order chi connectivity index (χ1) is 8.88. The molecule has 90 valence electrons. The van der Waals surface area contributed by atoms with E-state index in [-0.39, 0.29) is 0 Å². The first-order valence-electron chi connectivity index (χ1n) is 5.82. The summed E-state index contributed by atoms with van der Waals surface area (Å²) in [5.41, 5.74) is 2.36. The van der Waals surface area contributed by atoms with E-state index in [0.29, 0.717) is 6.54 Å². The largest absolute Gasteiger partial charge is 0.496 e. The van der Waals surface area contributed by atoms with Crippen LogP contribution >= 0.6 is 11.8 Å². The minimum atomic E-state index is 0.691. The summed E-state index contributed by atoms with van der Waals surface area (Å²) in [6.45, 7) is 0.691. The fraction of sp³-hybridized carbons (Fsp3) is 0.133. The molecule has 18 heavy (non-hydrogen) atoms. The number of ether oxygens (including phenoxy) is 1. The van der Waals surface area contributed by atoms with E-state index in [1.54, 1.807) is 18.9 Å². The van der Waals surface area contributed by atoms with Gasteiger partial charge in [-0.05, 0) is 12.1 Å². The molecule has 0 amide bonds. The normalized spacial score (nSPS) is 13.7. The zero-order valence-electron chi connectivity index (χ0n) is 10.1. The lowest BCUT2D eigenvalue weighted by Gasteiger charge is -2.18. The van der Waals surface area contributed by atoms with Gasteiger partial charge in [0.1, 0.15) is 10.8 Å². The highest BCUT2D eigenvalue weighted by Gasteiger charge is 2.17. The van der Waals surface area contributed by atoms with Crippen molar-refractivity contribution in [2.24, 2.45) is 4.99 Å². The van der Waals surface area contributed by atoms with Gasteiger partial charge < -0.3 is 4.74 Å². The van der Waals surface area contributed by atoms with Gasteiger partial charge in [-0.25, -0.2) is 0 Å². The van der Waals surface area contributed by atoms with Gasteiger partial charge in [0.05, 0.1) is 13.7 Å². The summed E-state index contributed by atoms with van der Waals surface area (Å²) in [5, 5.41) is 1.08. The molecule has 0 saturated heterocycles. The number of benzene rings is 2. The molecular formula is C15H13NOS. The summed E-state index contributed by atoms with van der Waals surface area (Å²) >= 11 is 1.71. The Morgan fingerprint density at radius 2 is 1.89 bits per heavy atom. The Hall–Kier alpha value is -1.74. The highest BCUT2D eigenvalue weighted by Crippen LogP contribution is 2.36.